The third kappa shape index (κ3) is 7.11. The second-order valence-corrected chi connectivity index (χ2v) is 10.3. The molecular weight excluding hydrogens is 413 g/mol. The molecule has 0 aromatic heterocycles. The molecule has 1 aromatic rings. The van der Waals surface area contributed by atoms with Gasteiger partial charge in [0.05, 0.1) is 18.1 Å². The highest BCUT2D eigenvalue weighted by Gasteiger charge is 2.41. The second-order valence-electron chi connectivity index (χ2n) is 10.3. The topological polar surface area (TPSA) is 61.1 Å². The van der Waals surface area contributed by atoms with Crippen molar-refractivity contribution in [2.45, 2.75) is 77.5 Å². The van der Waals surface area contributed by atoms with Crippen LogP contribution in [0, 0.1) is 40.9 Å². The summed E-state index contributed by atoms with van der Waals surface area (Å²) in [7, 11) is 0. The molecule has 0 saturated heterocycles. The number of benzene rings is 1. The number of carbonyl (C=O) groups excluding carboxylic acids is 1. The Morgan fingerprint density at radius 1 is 1.24 bits per heavy atom. The molecule has 4 unspecified atom stereocenters. The zero-order valence-corrected chi connectivity index (χ0v) is 20.0. The third-order valence-corrected chi connectivity index (χ3v) is 7.19. The van der Waals surface area contributed by atoms with Crippen LogP contribution in [0.3, 0.4) is 0 Å². The number of alkyl halides is 1. The first-order valence-electron chi connectivity index (χ1n) is 12.5. The van der Waals surface area contributed by atoms with Crippen molar-refractivity contribution in [1.82, 2.24) is 0 Å². The number of ketones is 1. The maximum Gasteiger partial charge on any atom is 0.133 e. The van der Waals surface area contributed by atoms with E-state index in [9.17, 15) is 19.6 Å². The van der Waals surface area contributed by atoms with Gasteiger partial charge in [-0.15, -0.1) is 0 Å². The maximum absolute atomic E-state index is 14.7. The molecule has 2 aliphatic carbocycles. The summed E-state index contributed by atoms with van der Waals surface area (Å²) in [5.41, 5.74) is 2.62. The van der Waals surface area contributed by atoms with Gasteiger partial charge in [0.15, 0.2) is 0 Å². The van der Waals surface area contributed by atoms with E-state index in [2.05, 4.69) is 38.1 Å². The minimum atomic E-state index is -1.08. The lowest BCUT2D eigenvalue weighted by molar-refractivity contribution is -0.119. The first-order valence-corrected chi connectivity index (χ1v) is 12.5. The molecule has 0 spiro atoms. The summed E-state index contributed by atoms with van der Waals surface area (Å²) in [6.45, 7) is 4.11. The van der Waals surface area contributed by atoms with Gasteiger partial charge >= 0.3 is 0 Å². The summed E-state index contributed by atoms with van der Waals surface area (Å²) in [5, 5.41) is 20.2. The first kappa shape index (κ1) is 25.4. The Labute approximate surface area is 198 Å². The van der Waals surface area contributed by atoms with Gasteiger partial charge in [-0.1, -0.05) is 62.4 Å². The number of unbranched alkanes of at least 4 members (excludes halogenated alkanes) is 1. The molecule has 0 bridgehead atoms. The molecule has 2 aliphatic rings. The lowest BCUT2D eigenvalue weighted by Crippen LogP contribution is -2.19. The molecular formula is C29H38FNO2. The molecule has 178 valence electrons. The van der Waals surface area contributed by atoms with Crippen LogP contribution in [0.2, 0.25) is 0 Å². The van der Waals surface area contributed by atoms with Crippen molar-refractivity contribution in [1.29, 1.82) is 5.26 Å². The highest BCUT2D eigenvalue weighted by Crippen LogP contribution is 2.39. The Kier molecular flexibility index (Phi) is 9.44. The van der Waals surface area contributed by atoms with Crippen LogP contribution in [0.5, 0.6) is 0 Å². The molecule has 0 amide bonds. The maximum atomic E-state index is 14.7. The van der Waals surface area contributed by atoms with Gasteiger partial charge in [0.2, 0.25) is 0 Å². The van der Waals surface area contributed by atoms with Gasteiger partial charge in [-0.3, -0.25) is 4.79 Å². The van der Waals surface area contributed by atoms with E-state index in [1.165, 1.54) is 11.1 Å². The van der Waals surface area contributed by atoms with E-state index < -0.39 is 12.3 Å². The molecule has 0 heterocycles. The van der Waals surface area contributed by atoms with Gasteiger partial charge in [-0.05, 0) is 61.0 Å². The summed E-state index contributed by atoms with van der Waals surface area (Å²) in [5.74, 6) is 0.159. The lowest BCUT2D eigenvalue weighted by atomic mass is 9.86. The van der Waals surface area contributed by atoms with E-state index in [0.29, 0.717) is 31.0 Å². The SMILES string of the molecule is CC(C)CC(=O)CCC/C=C\CC1C(/C=C/C(C#N)C2Cc3ccccc3C2)C(F)C[C@@H]1O. The normalized spacial score (nSPS) is 26.3. The Hall–Kier alpha value is -2.25. The number of carbonyl (C=O) groups is 1. The Bertz CT molecular complexity index is 859. The average Bonchev–Trinajstić information content (AvgIpc) is 3.31. The summed E-state index contributed by atoms with van der Waals surface area (Å²) in [6, 6.07) is 10.7. The predicted octanol–water partition coefficient (Wildman–Crippen LogP) is 6.16. The Morgan fingerprint density at radius 2 is 1.94 bits per heavy atom. The van der Waals surface area contributed by atoms with Crippen LogP contribution in [0.4, 0.5) is 4.39 Å². The summed E-state index contributed by atoms with van der Waals surface area (Å²) < 4.78 is 14.7. The van der Waals surface area contributed by atoms with Gasteiger partial charge in [-0.2, -0.15) is 5.26 Å². The number of hydrogen-bond acceptors (Lipinski definition) is 3. The summed E-state index contributed by atoms with van der Waals surface area (Å²) >= 11 is 0. The Balaban J connectivity index is 1.51. The van der Waals surface area contributed by atoms with Crippen molar-refractivity contribution in [2.75, 3.05) is 0 Å². The zero-order valence-electron chi connectivity index (χ0n) is 20.0. The largest absolute Gasteiger partial charge is 0.393 e. The van der Waals surface area contributed by atoms with Gasteiger partial charge in [0, 0.05) is 25.2 Å². The van der Waals surface area contributed by atoms with E-state index in [1.807, 2.05) is 30.4 Å². The van der Waals surface area contributed by atoms with Gasteiger partial charge in [-0.25, -0.2) is 4.39 Å². The van der Waals surface area contributed by atoms with Crippen molar-refractivity contribution in [3.63, 3.8) is 0 Å². The third-order valence-electron chi connectivity index (χ3n) is 7.19. The fourth-order valence-electron chi connectivity index (χ4n) is 5.41. The highest BCUT2D eigenvalue weighted by atomic mass is 19.1. The molecule has 1 N–H and O–H groups in total. The molecule has 1 saturated carbocycles. The first-order chi connectivity index (χ1) is 15.9. The number of halogens is 1. The predicted molar refractivity (Wildman–Crippen MR) is 130 cm³/mol. The molecule has 33 heavy (non-hydrogen) atoms. The van der Waals surface area contributed by atoms with Crippen molar-refractivity contribution in [3.05, 3.63) is 59.7 Å². The number of aliphatic hydroxyl groups excluding tert-OH is 1. The molecule has 3 rings (SSSR count). The smallest absolute Gasteiger partial charge is 0.133 e. The minimum absolute atomic E-state index is 0.156. The number of rotatable bonds is 11. The number of nitrogens with zero attached hydrogens (tertiary/aromatic N) is 1. The average molecular weight is 452 g/mol. The van der Waals surface area contributed by atoms with Crippen molar-refractivity contribution in [2.24, 2.45) is 29.6 Å². The molecule has 3 nitrogen and oxygen atoms in total. The van der Waals surface area contributed by atoms with Gasteiger partial charge < -0.3 is 5.11 Å². The van der Waals surface area contributed by atoms with Crippen molar-refractivity contribution < 1.29 is 14.3 Å². The van der Waals surface area contributed by atoms with Crippen LogP contribution >= 0.6 is 0 Å². The fraction of sp³-hybridized carbons (Fsp3) is 0.586. The lowest BCUT2D eigenvalue weighted by Gasteiger charge is -2.19. The number of hydrogen-bond donors (Lipinski definition) is 1. The number of allylic oxidation sites excluding steroid dienone is 4. The van der Waals surface area contributed by atoms with Crippen LogP contribution in [-0.4, -0.2) is 23.2 Å². The quantitative estimate of drug-likeness (QED) is 0.323. The van der Waals surface area contributed by atoms with Crippen molar-refractivity contribution >= 4 is 5.78 Å². The molecule has 4 heteroatoms. The monoisotopic (exact) mass is 451 g/mol. The van der Waals surface area contributed by atoms with E-state index in [1.54, 1.807) is 0 Å². The number of Topliss-reactive ketones (excluding diaryl/α,β-unsaturated/α-hetero) is 1. The van der Waals surface area contributed by atoms with E-state index in [0.717, 1.165) is 25.7 Å². The number of fused-ring (bicyclic) bond motifs is 1. The molecule has 5 atom stereocenters. The number of nitriles is 1. The molecule has 0 aliphatic heterocycles. The van der Waals surface area contributed by atoms with E-state index >= 15 is 0 Å². The summed E-state index contributed by atoms with van der Waals surface area (Å²) in [4.78, 5) is 11.8. The molecule has 0 radical (unpaired) electrons. The number of aliphatic hydroxyl groups is 1. The molecule has 1 fully saturated rings. The fourth-order valence-corrected chi connectivity index (χ4v) is 5.41. The van der Waals surface area contributed by atoms with Crippen molar-refractivity contribution in [3.8, 4) is 6.07 Å². The van der Waals surface area contributed by atoms with Gasteiger partial charge in [0.1, 0.15) is 12.0 Å². The van der Waals surface area contributed by atoms with Gasteiger partial charge in [0.25, 0.3) is 0 Å². The van der Waals surface area contributed by atoms with Crippen LogP contribution in [0.1, 0.15) is 63.5 Å². The zero-order chi connectivity index (χ0) is 23.8. The van der Waals surface area contributed by atoms with Crippen LogP contribution in [-0.2, 0) is 17.6 Å². The Morgan fingerprint density at radius 3 is 2.58 bits per heavy atom. The van der Waals surface area contributed by atoms with Crippen LogP contribution in [0.25, 0.3) is 0 Å². The van der Waals surface area contributed by atoms with Crippen LogP contribution < -0.4 is 0 Å². The minimum Gasteiger partial charge on any atom is -0.393 e. The standard InChI is InChI=1S/C29H38FNO2/c1-20(2)15-25(32)11-5-3-4-6-12-27-26(28(30)18-29(27)33)14-13-23(19-31)24-16-21-9-7-8-10-22(21)17-24/h4,6-10,13-14,20,23-24,26-29,33H,3,5,11-12,15-18H2,1-2H3/b6-4-,14-13+/t23?,26?,27?,28?,29-/m0/s1. The highest BCUT2D eigenvalue weighted by molar-refractivity contribution is 5.78. The summed E-state index contributed by atoms with van der Waals surface area (Å²) in [6.07, 6.45) is 11.5. The van der Waals surface area contributed by atoms with E-state index in [-0.39, 0.29) is 30.1 Å². The second kappa shape index (κ2) is 12.3. The van der Waals surface area contributed by atoms with E-state index in [4.69, 9.17) is 0 Å². The molecule has 1 aromatic carbocycles. The van der Waals surface area contributed by atoms with Crippen LogP contribution in [0.15, 0.2) is 48.6 Å².